The summed E-state index contributed by atoms with van der Waals surface area (Å²) in [7, 11) is 0. The van der Waals surface area contributed by atoms with Crippen molar-refractivity contribution < 1.29 is 22.5 Å². The molecule has 0 saturated carbocycles. The number of alkyl halides is 3. The highest BCUT2D eigenvalue weighted by atomic mass is 19.4. The number of aromatic nitrogens is 2. The maximum Gasteiger partial charge on any atom is 0.471 e. The molecule has 1 atom stereocenters. The molecular formula is C18H19F3N4O2. The van der Waals surface area contributed by atoms with E-state index >= 15 is 0 Å². The lowest BCUT2D eigenvalue weighted by molar-refractivity contribution is -0.159. The average molecular weight is 380 g/mol. The number of nitrogens with zero attached hydrogens (tertiary/aromatic N) is 4. The van der Waals surface area contributed by atoms with Crippen molar-refractivity contribution in [2.75, 3.05) is 26.2 Å². The molecule has 0 bridgehead atoms. The Morgan fingerprint density at radius 1 is 1.11 bits per heavy atom. The van der Waals surface area contributed by atoms with Crippen LogP contribution in [-0.2, 0) is 6.18 Å². The first kappa shape index (κ1) is 18.0. The van der Waals surface area contributed by atoms with Crippen LogP contribution in [0.2, 0.25) is 0 Å². The standard InChI is InChI=1S/C18H19F3N4O2/c19-18(20,21)17-22-15(23-27-17)12-4-6-13(7-5-12)16(26)25-10-2-9-24-8-1-3-14(24)11-25/h4-7,14H,1-3,8-11H2/t14-/m1/s1. The smallest absolute Gasteiger partial charge is 0.337 e. The Kier molecular flexibility index (Phi) is 4.63. The van der Waals surface area contributed by atoms with Gasteiger partial charge in [-0.05, 0) is 37.9 Å². The molecule has 3 heterocycles. The van der Waals surface area contributed by atoms with Gasteiger partial charge in [-0.25, -0.2) is 0 Å². The van der Waals surface area contributed by atoms with E-state index in [1.54, 1.807) is 12.1 Å². The molecule has 2 saturated heterocycles. The first-order valence-electron chi connectivity index (χ1n) is 8.96. The fourth-order valence-electron chi connectivity index (χ4n) is 3.79. The predicted octanol–water partition coefficient (Wildman–Crippen LogP) is 3.07. The van der Waals surface area contributed by atoms with E-state index in [1.807, 2.05) is 4.90 Å². The van der Waals surface area contributed by atoms with Crippen LogP contribution in [0.25, 0.3) is 11.4 Å². The Hall–Kier alpha value is -2.42. The minimum atomic E-state index is -4.68. The number of fused-ring (bicyclic) bond motifs is 1. The summed E-state index contributed by atoms with van der Waals surface area (Å²) in [6, 6.07) is 6.70. The Morgan fingerprint density at radius 3 is 2.56 bits per heavy atom. The van der Waals surface area contributed by atoms with E-state index in [-0.39, 0.29) is 11.7 Å². The fraction of sp³-hybridized carbons (Fsp3) is 0.500. The van der Waals surface area contributed by atoms with Gasteiger partial charge in [0.05, 0.1) is 0 Å². The van der Waals surface area contributed by atoms with Gasteiger partial charge in [-0.3, -0.25) is 9.69 Å². The first-order chi connectivity index (χ1) is 12.9. The number of amides is 1. The third-order valence-electron chi connectivity index (χ3n) is 5.15. The van der Waals surface area contributed by atoms with Crippen molar-refractivity contribution >= 4 is 5.91 Å². The molecule has 144 valence electrons. The molecule has 6 nitrogen and oxygen atoms in total. The number of benzene rings is 1. The Balaban J connectivity index is 1.48. The highest BCUT2D eigenvalue weighted by Gasteiger charge is 2.38. The largest absolute Gasteiger partial charge is 0.471 e. The van der Waals surface area contributed by atoms with Crippen LogP contribution in [0.4, 0.5) is 13.2 Å². The van der Waals surface area contributed by atoms with Crippen molar-refractivity contribution in [3.8, 4) is 11.4 Å². The second kappa shape index (κ2) is 6.95. The topological polar surface area (TPSA) is 62.5 Å². The third-order valence-corrected chi connectivity index (χ3v) is 5.15. The lowest BCUT2D eigenvalue weighted by Gasteiger charge is -2.25. The predicted molar refractivity (Wildman–Crippen MR) is 89.9 cm³/mol. The minimum Gasteiger partial charge on any atom is -0.337 e. The molecule has 1 aromatic heterocycles. The van der Waals surface area contributed by atoms with Gasteiger partial charge in [0.15, 0.2) is 0 Å². The van der Waals surface area contributed by atoms with Crippen molar-refractivity contribution in [1.82, 2.24) is 19.9 Å². The summed E-state index contributed by atoms with van der Waals surface area (Å²) in [5.74, 6) is -1.60. The van der Waals surface area contributed by atoms with Crippen LogP contribution < -0.4 is 0 Å². The third kappa shape index (κ3) is 3.69. The molecule has 1 amide bonds. The number of hydrogen-bond acceptors (Lipinski definition) is 5. The van der Waals surface area contributed by atoms with Crippen LogP contribution in [0, 0.1) is 0 Å². The summed E-state index contributed by atoms with van der Waals surface area (Å²) in [5, 5.41) is 3.36. The lowest BCUT2D eigenvalue weighted by Crippen LogP contribution is -2.39. The summed E-state index contributed by atoms with van der Waals surface area (Å²) in [4.78, 5) is 20.5. The molecule has 0 unspecified atom stereocenters. The molecule has 0 radical (unpaired) electrons. The Bertz CT molecular complexity index is 819. The second-order valence-corrected chi connectivity index (χ2v) is 6.93. The summed E-state index contributed by atoms with van der Waals surface area (Å²) in [6.45, 7) is 3.56. The quantitative estimate of drug-likeness (QED) is 0.801. The van der Waals surface area contributed by atoms with E-state index in [0.29, 0.717) is 23.7 Å². The summed E-state index contributed by atoms with van der Waals surface area (Å²) >= 11 is 0. The van der Waals surface area contributed by atoms with Crippen LogP contribution in [0.15, 0.2) is 28.8 Å². The van der Waals surface area contributed by atoms with Gasteiger partial charge >= 0.3 is 12.1 Å². The van der Waals surface area contributed by atoms with Crippen LogP contribution in [0.3, 0.4) is 0 Å². The lowest BCUT2D eigenvalue weighted by atomic mass is 10.1. The molecule has 4 rings (SSSR count). The summed E-state index contributed by atoms with van der Waals surface area (Å²) in [6.07, 6.45) is -1.44. The van der Waals surface area contributed by atoms with Crippen molar-refractivity contribution in [3.63, 3.8) is 0 Å². The zero-order chi connectivity index (χ0) is 19.0. The van der Waals surface area contributed by atoms with E-state index in [0.717, 1.165) is 32.5 Å². The van der Waals surface area contributed by atoms with Gasteiger partial charge in [0, 0.05) is 36.8 Å². The first-order valence-corrected chi connectivity index (χ1v) is 8.96. The van der Waals surface area contributed by atoms with Gasteiger partial charge < -0.3 is 9.42 Å². The van der Waals surface area contributed by atoms with Gasteiger partial charge in [-0.15, -0.1) is 0 Å². The van der Waals surface area contributed by atoms with Crippen LogP contribution in [0.5, 0.6) is 0 Å². The Labute approximate surface area is 153 Å². The second-order valence-electron chi connectivity index (χ2n) is 6.93. The van der Waals surface area contributed by atoms with E-state index in [9.17, 15) is 18.0 Å². The monoisotopic (exact) mass is 380 g/mol. The summed E-state index contributed by atoms with van der Waals surface area (Å²) < 4.78 is 42.0. The highest BCUT2D eigenvalue weighted by molar-refractivity contribution is 5.94. The molecule has 2 aromatic rings. The molecular weight excluding hydrogens is 361 g/mol. The molecule has 1 aromatic carbocycles. The number of carbonyl (C=O) groups excluding carboxylic acids is 1. The SMILES string of the molecule is O=C(c1ccc(-c2noc(C(F)(F)F)n2)cc1)N1CCCN2CCC[C@@H]2C1. The zero-order valence-electron chi connectivity index (χ0n) is 14.6. The van der Waals surface area contributed by atoms with Crippen LogP contribution in [-0.4, -0.2) is 58.1 Å². The molecule has 0 N–H and O–H groups in total. The van der Waals surface area contributed by atoms with E-state index < -0.39 is 12.1 Å². The Morgan fingerprint density at radius 2 is 1.85 bits per heavy atom. The zero-order valence-corrected chi connectivity index (χ0v) is 14.6. The van der Waals surface area contributed by atoms with Crippen molar-refractivity contribution in [2.45, 2.75) is 31.5 Å². The molecule has 9 heteroatoms. The normalized spacial score (nSPS) is 21.1. The van der Waals surface area contributed by atoms with Crippen LogP contribution >= 0.6 is 0 Å². The van der Waals surface area contributed by atoms with Gasteiger partial charge in [0.1, 0.15) is 0 Å². The molecule has 0 spiro atoms. The average Bonchev–Trinajstić information content (AvgIpc) is 3.27. The maximum atomic E-state index is 12.8. The fourth-order valence-corrected chi connectivity index (χ4v) is 3.79. The van der Waals surface area contributed by atoms with Gasteiger partial charge in [-0.1, -0.05) is 17.3 Å². The number of hydrogen-bond donors (Lipinski definition) is 0. The molecule has 2 aliphatic rings. The van der Waals surface area contributed by atoms with E-state index in [4.69, 9.17) is 0 Å². The highest BCUT2D eigenvalue weighted by Crippen LogP contribution is 2.29. The van der Waals surface area contributed by atoms with Crippen molar-refractivity contribution in [1.29, 1.82) is 0 Å². The molecule has 2 aliphatic heterocycles. The van der Waals surface area contributed by atoms with Crippen molar-refractivity contribution in [2.24, 2.45) is 0 Å². The molecule has 27 heavy (non-hydrogen) atoms. The van der Waals surface area contributed by atoms with Crippen LogP contribution in [0.1, 0.15) is 35.5 Å². The van der Waals surface area contributed by atoms with Crippen molar-refractivity contribution in [3.05, 3.63) is 35.7 Å². The number of carbonyl (C=O) groups is 1. The number of rotatable bonds is 2. The summed E-state index contributed by atoms with van der Waals surface area (Å²) in [5.41, 5.74) is 0.869. The molecule has 2 fully saturated rings. The minimum absolute atomic E-state index is 0.0561. The maximum absolute atomic E-state index is 12.8. The number of halogens is 3. The molecule has 0 aliphatic carbocycles. The van der Waals surface area contributed by atoms with E-state index in [2.05, 4.69) is 19.6 Å². The van der Waals surface area contributed by atoms with Gasteiger partial charge in [0.2, 0.25) is 5.82 Å². The van der Waals surface area contributed by atoms with Gasteiger partial charge in [-0.2, -0.15) is 18.2 Å². The van der Waals surface area contributed by atoms with E-state index in [1.165, 1.54) is 18.6 Å². The van der Waals surface area contributed by atoms with Gasteiger partial charge in [0.25, 0.3) is 5.91 Å².